The predicted molar refractivity (Wildman–Crippen MR) is 99.5 cm³/mol. The number of rotatable bonds is 6. The van der Waals surface area contributed by atoms with Crippen LogP contribution in [-0.4, -0.2) is 23.8 Å². The number of thioether (sulfide) groups is 1. The average molecular weight is 338 g/mol. The van der Waals surface area contributed by atoms with E-state index in [1.54, 1.807) is 31.1 Å². The van der Waals surface area contributed by atoms with E-state index in [9.17, 15) is 4.79 Å². The van der Waals surface area contributed by atoms with Crippen LogP contribution in [-0.2, 0) is 10.5 Å². The van der Waals surface area contributed by atoms with Gasteiger partial charge in [0, 0.05) is 23.4 Å². The average Bonchev–Trinajstić information content (AvgIpc) is 2.62. The van der Waals surface area contributed by atoms with Gasteiger partial charge in [-0.15, -0.1) is 11.8 Å². The maximum Gasteiger partial charge on any atom is 0.234 e. The van der Waals surface area contributed by atoms with Crippen molar-refractivity contribution in [3.8, 4) is 5.75 Å². The van der Waals surface area contributed by atoms with Gasteiger partial charge in [0.25, 0.3) is 0 Å². The molecule has 2 aromatic carbocycles. The normalized spacial score (nSPS) is 10.5. The summed E-state index contributed by atoms with van der Waals surface area (Å²) in [7, 11) is 1.61. The fourth-order valence-electron chi connectivity index (χ4n) is 2.40. The van der Waals surface area contributed by atoms with Crippen LogP contribution in [0.3, 0.4) is 0 Å². The van der Waals surface area contributed by atoms with Gasteiger partial charge in [0.05, 0.1) is 24.1 Å². The van der Waals surface area contributed by atoms with Crippen molar-refractivity contribution in [3.05, 3.63) is 66.4 Å². The molecule has 0 aliphatic carbocycles. The lowest BCUT2D eigenvalue weighted by molar-refractivity contribution is -0.113. The van der Waals surface area contributed by atoms with Crippen LogP contribution < -0.4 is 10.1 Å². The molecule has 24 heavy (non-hydrogen) atoms. The highest BCUT2D eigenvalue weighted by atomic mass is 32.2. The molecular weight excluding hydrogens is 320 g/mol. The number of aromatic nitrogens is 1. The van der Waals surface area contributed by atoms with Crippen LogP contribution in [0.1, 0.15) is 5.56 Å². The minimum absolute atomic E-state index is 0.0452. The number of carbonyl (C=O) groups is 1. The van der Waals surface area contributed by atoms with Crippen molar-refractivity contribution in [2.45, 2.75) is 5.75 Å². The highest BCUT2D eigenvalue weighted by molar-refractivity contribution is 7.99. The van der Waals surface area contributed by atoms with E-state index in [0.29, 0.717) is 17.2 Å². The summed E-state index contributed by atoms with van der Waals surface area (Å²) in [6.07, 6.45) is 1.72. The second kappa shape index (κ2) is 7.84. The summed E-state index contributed by atoms with van der Waals surface area (Å²) in [5, 5.41) is 3.88. The maximum atomic E-state index is 12.2. The van der Waals surface area contributed by atoms with Gasteiger partial charge in [-0.3, -0.25) is 9.78 Å². The Hall–Kier alpha value is -2.53. The van der Waals surface area contributed by atoms with E-state index < -0.39 is 0 Å². The largest absolute Gasteiger partial charge is 0.497 e. The highest BCUT2D eigenvalue weighted by Gasteiger charge is 2.09. The van der Waals surface area contributed by atoms with Gasteiger partial charge < -0.3 is 10.1 Å². The third-order valence-corrected chi connectivity index (χ3v) is 4.54. The number of methoxy groups -OCH3 is 1. The molecule has 0 bridgehead atoms. The first-order chi connectivity index (χ1) is 11.8. The first kappa shape index (κ1) is 16.3. The van der Waals surface area contributed by atoms with Gasteiger partial charge in [-0.25, -0.2) is 0 Å². The van der Waals surface area contributed by atoms with Crippen LogP contribution in [0, 0.1) is 0 Å². The summed E-state index contributed by atoms with van der Waals surface area (Å²) in [5.74, 6) is 1.85. The van der Waals surface area contributed by atoms with Crippen LogP contribution in [0.4, 0.5) is 5.69 Å². The molecule has 1 heterocycles. The Labute approximate surface area is 145 Å². The monoisotopic (exact) mass is 338 g/mol. The van der Waals surface area contributed by atoms with Gasteiger partial charge in [0.2, 0.25) is 5.91 Å². The zero-order valence-electron chi connectivity index (χ0n) is 13.4. The van der Waals surface area contributed by atoms with Crippen LogP contribution in [0.2, 0.25) is 0 Å². The molecule has 0 unspecified atom stereocenters. The Balaban J connectivity index is 1.66. The highest BCUT2D eigenvalue weighted by Crippen LogP contribution is 2.27. The van der Waals surface area contributed by atoms with Crippen LogP contribution >= 0.6 is 11.8 Å². The lowest BCUT2D eigenvalue weighted by Crippen LogP contribution is -2.14. The fourth-order valence-corrected chi connectivity index (χ4v) is 3.19. The summed E-state index contributed by atoms with van der Waals surface area (Å²) in [6.45, 7) is 0. The van der Waals surface area contributed by atoms with Gasteiger partial charge >= 0.3 is 0 Å². The summed E-state index contributed by atoms with van der Waals surface area (Å²) in [4.78, 5) is 16.6. The number of anilines is 1. The van der Waals surface area contributed by atoms with Gasteiger partial charge in [-0.2, -0.15) is 0 Å². The van der Waals surface area contributed by atoms with Crippen molar-refractivity contribution < 1.29 is 9.53 Å². The molecule has 1 aromatic heterocycles. The predicted octanol–water partition coefficient (Wildman–Crippen LogP) is 4.12. The Morgan fingerprint density at radius 3 is 2.79 bits per heavy atom. The van der Waals surface area contributed by atoms with Crippen molar-refractivity contribution in [1.29, 1.82) is 0 Å². The molecule has 3 aromatic rings. The third kappa shape index (κ3) is 4.06. The number of fused-ring (bicyclic) bond motifs is 1. The molecule has 0 aliphatic rings. The van der Waals surface area contributed by atoms with E-state index in [1.165, 1.54) is 5.56 Å². The van der Waals surface area contributed by atoms with Gasteiger partial charge in [0.1, 0.15) is 5.75 Å². The molecule has 5 heteroatoms. The first-order valence-electron chi connectivity index (χ1n) is 7.60. The van der Waals surface area contributed by atoms with Crippen molar-refractivity contribution >= 4 is 34.3 Å². The summed E-state index contributed by atoms with van der Waals surface area (Å²) < 4.78 is 5.30. The van der Waals surface area contributed by atoms with E-state index in [2.05, 4.69) is 22.4 Å². The molecule has 1 N–H and O–H groups in total. The van der Waals surface area contributed by atoms with Crippen LogP contribution in [0.25, 0.3) is 10.9 Å². The van der Waals surface area contributed by atoms with E-state index in [4.69, 9.17) is 4.74 Å². The molecular formula is C19H18N2O2S. The molecule has 0 saturated carbocycles. The number of ether oxygens (including phenoxy) is 1. The molecule has 122 valence electrons. The third-order valence-electron chi connectivity index (χ3n) is 3.53. The molecule has 0 spiro atoms. The van der Waals surface area contributed by atoms with Crippen LogP contribution in [0.15, 0.2) is 60.8 Å². The number of nitrogens with zero attached hydrogens (tertiary/aromatic N) is 1. The molecule has 0 saturated heterocycles. The van der Waals surface area contributed by atoms with Crippen LogP contribution in [0.5, 0.6) is 5.75 Å². The second-order valence-corrected chi connectivity index (χ2v) is 6.26. The van der Waals surface area contributed by atoms with Crippen molar-refractivity contribution in [3.63, 3.8) is 0 Å². The summed E-state index contributed by atoms with van der Waals surface area (Å²) in [6, 6.07) is 17.6. The van der Waals surface area contributed by atoms with E-state index in [-0.39, 0.29) is 5.91 Å². The number of pyridine rings is 1. The van der Waals surface area contributed by atoms with Gasteiger partial charge in [-0.1, -0.05) is 36.4 Å². The Bertz CT molecular complexity index is 837. The Morgan fingerprint density at radius 1 is 1.17 bits per heavy atom. The zero-order valence-corrected chi connectivity index (χ0v) is 14.2. The smallest absolute Gasteiger partial charge is 0.234 e. The number of benzene rings is 2. The SMILES string of the molecule is COc1cc(NC(=O)CSCc2ccccc2)c2ncccc2c1. The molecule has 3 rings (SSSR count). The summed E-state index contributed by atoms with van der Waals surface area (Å²) >= 11 is 1.59. The van der Waals surface area contributed by atoms with Gasteiger partial charge in [0.15, 0.2) is 0 Å². The Kier molecular flexibility index (Phi) is 5.33. The number of amides is 1. The molecule has 0 aliphatic heterocycles. The second-order valence-electron chi connectivity index (χ2n) is 5.28. The maximum absolute atomic E-state index is 12.2. The molecule has 1 amide bonds. The lowest BCUT2D eigenvalue weighted by atomic mass is 10.2. The summed E-state index contributed by atoms with van der Waals surface area (Å²) in [5.41, 5.74) is 2.65. The fraction of sp³-hybridized carbons (Fsp3) is 0.158. The minimum atomic E-state index is -0.0452. The number of nitrogens with one attached hydrogen (secondary N) is 1. The molecule has 0 radical (unpaired) electrons. The first-order valence-corrected chi connectivity index (χ1v) is 8.76. The van der Waals surface area contributed by atoms with Crippen molar-refractivity contribution in [1.82, 2.24) is 4.98 Å². The molecule has 0 fully saturated rings. The van der Waals surface area contributed by atoms with E-state index >= 15 is 0 Å². The van der Waals surface area contributed by atoms with E-state index in [1.807, 2.05) is 36.4 Å². The number of carbonyl (C=O) groups excluding carboxylic acids is 1. The molecule has 0 atom stereocenters. The topological polar surface area (TPSA) is 51.2 Å². The number of hydrogen-bond acceptors (Lipinski definition) is 4. The Morgan fingerprint density at radius 2 is 2.00 bits per heavy atom. The van der Waals surface area contributed by atoms with Crippen molar-refractivity contribution in [2.24, 2.45) is 0 Å². The van der Waals surface area contributed by atoms with Crippen molar-refractivity contribution in [2.75, 3.05) is 18.2 Å². The molecule has 4 nitrogen and oxygen atoms in total. The minimum Gasteiger partial charge on any atom is -0.497 e. The van der Waals surface area contributed by atoms with E-state index in [0.717, 1.165) is 16.7 Å². The number of hydrogen-bond donors (Lipinski definition) is 1. The lowest BCUT2D eigenvalue weighted by Gasteiger charge is -2.10. The standard InChI is InChI=1S/C19H18N2O2S/c1-23-16-10-15-8-5-9-20-19(15)17(11-16)21-18(22)13-24-12-14-6-3-2-4-7-14/h2-11H,12-13H2,1H3,(H,21,22). The zero-order chi connectivity index (χ0) is 16.8. The van der Waals surface area contributed by atoms with Gasteiger partial charge in [-0.05, 0) is 17.7 Å². The quantitative estimate of drug-likeness (QED) is 0.735.